The summed E-state index contributed by atoms with van der Waals surface area (Å²) in [6, 6.07) is 8.91. The van der Waals surface area contributed by atoms with Gasteiger partial charge in [0, 0.05) is 45.5 Å². The molecule has 0 bridgehead atoms. The Morgan fingerprint density at radius 1 is 1.31 bits per heavy atom. The number of nitrogens with one attached hydrogen (secondary N) is 3. The fourth-order valence-electron chi connectivity index (χ4n) is 2.78. The van der Waals surface area contributed by atoms with Gasteiger partial charge in [-0.15, -0.1) is 24.0 Å². The number of hydrogen-bond acceptors (Lipinski definition) is 4. The average molecular weight is 475 g/mol. The summed E-state index contributed by atoms with van der Waals surface area (Å²) in [5.41, 5.74) is 2.52. The summed E-state index contributed by atoms with van der Waals surface area (Å²) in [5.74, 6) is 0.574. The van der Waals surface area contributed by atoms with Crippen LogP contribution < -0.4 is 20.9 Å². The van der Waals surface area contributed by atoms with Gasteiger partial charge in [0.1, 0.15) is 0 Å². The van der Waals surface area contributed by atoms with Crippen LogP contribution in [-0.4, -0.2) is 64.9 Å². The van der Waals surface area contributed by atoms with Crippen LogP contribution in [0.2, 0.25) is 0 Å². The molecule has 1 fully saturated rings. The van der Waals surface area contributed by atoms with E-state index in [4.69, 9.17) is 4.74 Å². The molecule has 1 atom stereocenters. The molecular formula is C18H30IN5O2. The van der Waals surface area contributed by atoms with Crippen molar-refractivity contribution < 1.29 is 9.53 Å². The number of rotatable bonds is 7. The molecule has 26 heavy (non-hydrogen) atoms. The molecule has 1 unspecified atom stereocenters. The van der Waals surface area contributed by atoms with Crippen LogP contribution in [0.5, 0.6) is 0 Å². The van der Waals surface area contributed by atoms with E-state index >= 15 is 0 Å². The normalized spacial score (nSPS) is 16.8. The number of aliphatic imine (C=N–C) groups is 1. The third-order valence-electron chi connectivity index (χ3n) is 4.20. The number of halogens is 1. The molecule has 1 aromatic rings. The fourth-order valence-corrected chi connectivity index (χ4v) is 2.78. The molecule has 1 heterocycles. The van der Waals surface area contributed by atoms with Gasteiger partial charge in [0.15, 0.2) is 5.96 Å². The minimum absolute atomic E-state index is 0. The highest BCUT2D eigenvalue weighted by molar-refractivity contribution is 14.0. The van der Waals surface area contributed by atoms with Gasteiger partial charge in [-0.05, 0) is 25.5 Å². The maximum atomic E-state index is 11.7. The van der Waals surface area contributed by atoms with Gasteiger partial charge < -0.3 is 25.6 Å². The first-order valence-electron chi connectivity index (χ1n) is 8.67. The van der Waals surface area contributed by atoms with E-state index in [1.165, 1.54) is 11.3 Å². The average Bonchev–Trinajstić information content (AvgIpc) is 3.08. The van der Waals surface area contributed by atoms with Gasteiger partial charge in [0.2, 0.25) is 5.91 Å². The number of methoxy groups -OCH3 is 1. The Hall–Kier alpha value is -1.55. The Labute approximate surface area is 173 Å². The molecule has 1 aliphatic heterocycles. The number of benzene rings is 1. The Kier molecular flexibility index (Phi) is 10.3. The zero-order valence-corrected chi connectivity index (χ0v) is 18.1. The molecule has 0 radical (unpaired) electrons. The minimum Gasteiger partial charge on any atom is -0.383 e. The monoisotopic (exact) mass is 475 g/mol. The quantitative estimate of drug-likeness (QED) is 0.239. The number of carbonyl (C=O) groups is 1. The predicted molar refractivity (Wildman–Crippen MR) is 117 cm³/mol. The van der Waals surface area contributed by atoms with Gasteiger partial charge in [-0.2, -0.15) is 0 Å². The third kappa shape index (κ3) is 7.36. The number of anilines is 1. The lowest BCUT2D eigenvalue weighted by molar-refractivity contribution is -0.120. The van der Waals surface area contributed by atoms with Crippen LogP contribution in [0.1, 0.15) is 12.0 Å². The summed E-state index contributed by atoms with van der Waals surface area (Å²) in [7, 11) is 3.32. The van der Waals surface area contributed by atoms with Gasteiger partial charge in [0.25, 0.3) is 0 Å². The zero-order valence-electron chi connectivity index (χ0n) is 15.7. The molecule has 0 spiro atoms. The van der Waals surface area contributed by atoms with Crippen LogP contribution in [0.25, 0.3) is 0 Å². The molecule has 0 saturated carbocycles. The number of ether oxygens (including phenoxy) is 1. The Morgan fingerprint density at radius 2 is 2.04 bits per heavy atom. The van der Waals surface area contributed by atoms with Gasteiger partial charge in [-0.25, -0.2) is 0 Å². The summed E-state index contributed by atoms with van der Waals surface area (Å²) in [6.07, 6.45) is 1.04. The molecule has 1 saturated heterocycles. The topological polar surface area (TPSA) is 78.0 Å². The Balaban J connectivity index is 0.00000338. The summed E-state index contributed by atoms with van der Waals surface area (Å²) in [5, 5.41) is 9.22. The van der Waals surface area contributed by atoms with Crippen molar-refractivity contribution in [3.63, 3.8) is 0 Å². The van der Waals surface area contributed by atoms with Crippen molar-refractivity contribution in [1.82, 2.24) is 16.0 Å². The molecule has 1 aliphatic rings. The lowest BCUT2D eigenvalue weighted by Crippen LogP contribution is -2.47. The first kappa shape index (κ1) is 22.5. The highest BCUT2D eigenvalue weighted by atomic mass is 127. The van der Waals surface area contributed by atoms with E-state index in [-0.39, 0.29) is 36.4 Å². The number of aryl methyl sites for hydroxylation is 1. The number of carbonyl (C=O) groups excluding carboxylic acids is 1. The highest BCUT2D eigenvalue weighted by Gasteiger charge is 2.23. The second-order valence-corrected chi connectivity index (χ2v) is 6.18. The standard InChI is InChI=1S/C18H29N5O2.HI/c1-14-4-6-16(7-5-14)23-10-8-15(13-23)22-18(19-2)21-12-17(24)20-9-11-25-3;/h4-7,15H,8-13H2,1-3H3,(H,20,24)(H2,19,21,22);1H. The van der Waals surface area contributed by atoms with Crippen LogP contribution in [-0.2, 0) is 9.53 Å². The fraction of sp³-hybridized carbons (Fsp3) is 0.556. The van der Waals surface area contributed by atoms with Gasteiger partial charge in [-0.1, -0.05) is 17.7 Å². The van der Waals surface area contributed by atoms with Gasteiger partial charge in [-0.3, -0.25) is 9.79 Å². The van der Waals surface area contributed by atoms with Gasteiger partial charge >= 0.3 is 0 Å². The van der Waals surface area contributed by atoms with Crippen molar-refractivity contribution in [2.45, 2.75) is 19.4 Å². The van der Waals surface area contributed by atoms with Crippen molar-refractivity contribution in [3.05, 3.63) is 29.8 Å². The Bertz CT molecular complexity index is 579. The molecule has 1 aromatic carbocycles. The van der Waals surface area contributed by atoms with E-state index in [1.54, 1.807) is 14.2 Å². The van der Waals surface area contributed by atoms with E-state index in [1.807, 2.05) is 0 Å². The SMILES string of the molecule is CN=C(NCC(=O)NCCOC)NC1CCN(c2ccc(C)cc2)C1.I. The molecule has 8 heteroatoms. The highest BCUT2D eigenvalue weighted by Crippen LogP contribution is 2.20. The van der Waals surface area contributed by atoms with Crippen molar-refractivity contribution in [2.24, 2.45) is 4.99 Å². The summed E-state index contributed by atoms with van der Waals surface area (Å²) >= 11 is 0. The van der Waals surface area contributed by atoms with Gasteiger partial charge in [0.05, 0.1) is 13.2 Å². The number of hydrogen-bond donors (Lipinski definition) is 3. The summed E-state index contributed by atoms with van der Waals surface area (Å²) < 4.78 is 4.90. The molecule has 146 valence electrons. The first-order valence-corrected chi connectivity index (χ1v) is 8.67. The second kappa shape index (κ2) is 11.9. The van der Waals surface area contributed by atoms with E-state index in [2.05, 4.69) is 57.0 Å². The van der Waals surface area contributed by atoms with E-state index in [0.717, 1.165) is 19.5 Å². The van der Waals surface area contributed by atoms with Crippen LogP contribution in [0.3, 0.4) is 0 Å². The summed E-state index contributed by atoms with van der Waals surface area (Å²) in [4.78, 5) is 18.3. The first-order chi connectivity index (χ1) is 12.1. The van der Waals surface area contributed by atoms with Crippen molar-refractivity contribution >= 4 is 41.5 Å². The van der Waals surface area contributed by atoms with E-state index in [0.29, 0.717) is 25.2 Å². The second-order valence-electron chi connectivity index (χ2n) is 6.18. The molecule has 1 amide bonds. The van der Waals surface area contributed by atoms with Crippen molar-refractivity contribution in [1.29, 1.82) is 0 Å². The lowest BCUT2D eigenvalue weighted by Gasteiger charge is -2.20. The number of amides is 1. The number of nitrogens with zero attached hydrogens (tertiary/aromatic N) is 2. The molecule has 3 N–H and O–H groups in total. The van der Waals surface area contributed by atoms with E-state index in [9.17, 15) is 4.79 Å². The summed E-state index contributed by atoms with van der Waals surface area (Å²) in [6.45, 7) is 5.24. The van der Waals surface area contributed by atoms with Crippen LogP contribution in [0.15, 0.2) is 29.3 Å². The van der Waals surface area contributed by atoms with Crippen molar-refractivity contribution in [3.8, 4) is 0 Å². The maximum absolute atomic E-state index is 11.7. The zero-order chi connectivity index (χ0) is 18.1. The molecule has 0 aliphatic carbocycles. The van der Waals surface area contributed by atoms with Crippen LogP contribution in [0, 0.1) is 6.92 Å². The molecule has 0 aromatic heterocycles. The Morgan fingerprint density at radius 3 is 2.69 bits per heavy atom. The predicted octanol–water partition coefficient (Wildman–Crippen LogP) is 1.12. The molecular weight excluding hydrogens is 445 g/mol. The van der Waals surface area contributed by atoms with Crippen LogP contribution in [0.4, 0.5) is 5.69 Å². The van der Waals surface area contributed by atoms with Crippen LogP contribution >= 0.6 is 24.0 Å². The maximum Gasteiger partial charge on any atom is 0.239 e. The smallest absolute Gasteiger partial charge is 0.239 e. The molecule has 2 rings (SSSR count). The number of guanidine groups is 1. The third-order valence-corrected chi connectivity index (χ3v) is 4.20. The largest absolute Gasteiger partial charge is 0.383 e. The molecule has 7 nitrogen and oxygen atoms in total. The van der Waals surface area contributed by atoms with Crippen molar-refractivity contribution in [2.75, 3.05) is 51.8 Å². The minimum atomic E-state index is -0.0762. The lowest BCUT2D eigenvalue weighted by atomic mass is 10.2. The van der Waals surface area contributed by atoms with E-state index < -0.39 is 0 Å².